The molecule has 0 spiro atoms. The van der Waals surface area contributed by atoms with Crippen molar-refractivity contribution in [2.75, 3.05) is 18.8 Å². The van der Waals surface area contributed by atoms with Crippen molar-refractivity contribution in [2.24, 2.45) is 5.92 Å². The lowest BCUT2D eigenvalue weighted by molar-refractivity contribution is 0.133. The molecule has 0 saturated carbocycles. The fraction of sp³-hybridized carbons (Fsp3) is 0.500. The predicted octanol–water partition coefficient (Wildman–Crippen LogP) is 0.799. The lowest BCUT2D eigenvalue weighted by Gasteiger charge is -2.18. The van der Waals surface area contributed by atoms with Gasteiger partial charge < -0.3 is 10.8 Å². The second kappa shape index (κ2) is 5.07. The highest BCUT2D eigenvalue weighted by Crippen LogP contribution is 2.27. The van der Waals surface area contributed by atoms with Gasteiger partial charge >= 0.3 is 0 Å². The summed E-state index contributed by atoms with van der Waals surface area (Å²) < 4.78 is 39.2. The van der Waals surface area contributed by atoms with E-state index in [2.05, 4.69) is 0 Å². The highest BCUT2D eigenvalue weighted by molar-refractivity contribution is 7.89. The minimum Gasteiger partial charge on any atom is -0.399 e. The van der Waals surface area contributed by atoms with Crippen molar-refractivity contribution < 1.29 is 17.9 Å². The molecule has 2 rings (SSSR count). The zero-order valence-corrected chi connectivity index (χ0v) is 11.4. The van der Waals surface area contributed by atoms with Crippen LogP contribution in [0.5, 0.6) is 0 Å². The van der Waals surface area contributed by atoms with Crippen molar-refractivity contribution in [1.29, 1.82) is 0 Å². The average Bonchev–Trinajstić information content (AvgIpc) is 2.77. The molecule has 106 valence electrons. The average molecular weight is 288 g/mol. The second-order valence-corrected chi connectivity index (χ2v) is 6.81. The van der Waals surface area contributed by atoms with Gasteiger partial charge in [-0.25, -0.2) is 12.8 Å². The summed E-state index contributed by atoms with van der Waals surface area (Å²) in [6, 6.07) is 3.27. The van der Waals surface area contributed by atoms with Gasteiger partial charge in [0.25, 0.3) is 0 Å². The fourth-order valence-corrected chi connectivity index (χ4v) is 3.83. The van der Waals surface area contributed by atoms with Gasteiger partial charge in [0.15, 0.2) is 0 Å². The first-order chi connectivity index (χ1) is 8.80. The third-order valence-corrected chi connectivity index (χ3v) is 5.24. The maximum absolute atomic E-state index is 13.2. The van der Waals surface area contributed by atoms with Gasteiger partial charge in [0.2, 0.25) is 10.0 Å². The van der Waals surface area contributed by atoms with Crippen LogP contribution in [0.15, 0.2) is 23.1 Å². The van der Waals surface area contributed by atoms with Crippen LogP contribution >= 0.6 is 0 Å². The number of anilines is 1. The second-order valence-electron chi connectivity index (χ2n) is 4.87. The number of halogens is 1. The number of aliphatic hydroxyl groups is 1. The molecule has 1 aliphatic rings. The van der Waals surface area contributed by atoms with E-state index >= 15 is 0 Å². The van der Waals surface area contributed by atoms with E-state index in [1.54, 1.807) is 6.92 Å². The third-order valence-electron chi connectivity index (χ3n) is 3.40. The molecule has 0 bridgehead atoms. The van der Waals surface area contributed by atoms with E-state index in [-0.39, 0.29) is 23.0 Å². The Morgan fingerprint density at radius 2 is 2.16 bits per heavy atom. The van der Waals surface area contributed by atoms with Crippen LogP contribution in [-0.2, 0) is 10.0 Å². The molecule has 1 aliphatic heterocycles. The Hall–Kier alpha value is -1.18. The highest BCUT2D eigenvalue weighted by atomic mass is 32.2. The summed E-state index contributed by atoms with van der Waals surface area (Å²) in [7, 11) is -3.75. The first kappa shape index (κ1) is 14.2. The molecule has 1 heterocycles. The molecule has 2 unspecified atom stereocenters. The molecule has 0 aromatic heterocycles. The van der Waals surface area contributed by atoms with Crippen molar-refractivity contribution in [3.63, 3.8) is 0 Å². The van der Waals surface area contributed by atoms with E-state index in [4.69, 9.17) is 5.73 Å². The van der Waals surface area contributed by atoms with Gasteiger partial charge in [0, 0.05) is 18.8 Å². The zero-order chi connectivity index (χ0) is 14.2. The Morgan fingerprint density at radius 1 is 1.47 bits per heavy atom. The van der Waals surface area contributed by atoms with E-state index in [9.17, 15) is 17.9 Å². The van der Waals surface area contributed by atoms with E-state index in [1.807, 2.05) is 0 Å². The van der Waals surface area contributed by atoms with Crippen molar-refractivity contribution in [2.45, 2.75) is 24.3 Å². The number of nitrogens with two attached hydrogens (primary N) is 1. The first-order valence-corrected chi connectivity index (χ1v) is 7.49. The molecule has 1 aromatic carbocycles. The molecule has 7 heteroatoms. The van der Waals surface area contributed by atoms with E-state index in [1.165, 1.54) is 10.4 Å². The summed E-state index contributed by atoms with van der Waals surface area (Å²) in [6.45, 7) is 2.21. The van der Waals surface area contributed by atoms with Crippen LogP contribution in [-0.4, -0.2) is 37.0 Å². The predicted molar refractivity (Wildman–Crippen MR) is 69.4 cm³/mol. The Labute approximate surface area is 111 Å². The van der Waals surface area contributed by atoms with Gasteiger partial charge in [-0.2, -0.15) is 4.31 Å². The largest absolute Gasteiger partial charge is 0.399 e. The topological polar surface area (TPSA) is 83.6 Å². The van der Waals surface area contributed by atoms with Crippen LogP contribution < -0.4 is 5.73 Å². The number of aliphatic hydroxyl groups excluding tert-OH is 1. The van der Waals surface area contributed by atoms with Crippen molar-refractivity contribution in [3.05, 3.63) is 24.0 Å². The molecule has 0 radical (unpaired) electrons. The number of sulfonamides is 1. The number of benzene rings is 1. The summed E-state index contributed by atoms with van der Waals surface area (Å²) in [4.78, 5) is -0.142. The normalized spacial score (nSPS) is 22.6. The molecule has 1 fully saturated rings. The minimum atomic E-state index is -3.75. The number of hydrogen-bond acceptors (Lipinski definition) is 4. The van der Waals surface area contributed by atoms with E-state index in [0.717, 1.165) is 12.1 Å². The maximum atomic E-state index is 13.2. The zero-order valence-electron chi connectivity index (χ0n) is 10.6. The molecule has 0 amide bonds. The molecular weight excluding hydrogens is 271 g/mol. The molecule has 3 N–H and O–H groups in total. The van der Waals surface area contributed by atoms with Crippen molar-refractivity contribution in [3.8, 4) is 0 Å². The van der Waals surface area contributed by atoms with Crippen molar-refractivity contribution >= 4 is 15.7 Å². The fourth-order valence-electron chi connectivity index (χ4n) is 2.25. The SMILES string of the molecule is CC(O)C1CCN(S(=O)(=O)c2cc(N)cc(F)c2)C1. The first-order valence-electron chi connectivity index (χ1n) is 6.05. The summed E-state index contributed by atoms with van der Waals surface area (Å²) in [5, 5.41) is 9.49. The smallest absolute Gasteiger partial charge is 0.243 e. The number of nitrogen functional groups attached to an aromatic ring is 1. The van der Waals surface area contributed by atoms with Gasteiger partial charge in [-0.15, -0.1) is 0 Å². The lowest BCUT2D eigenvalue weighted by atomic mass is 10.0. The van der Waals surface area contributed by atoms with Crippen LogP contribution in [0.3, 0.4) is 0 Å². The molecule has 2 atom stereocenters. The summed E-state index contributed by atoms with van der Waals surface area (Å²) in [5.41, 5.74) is 5.54. The highest BCUT2D eigenvalue weighted by Gasteiger charge is 2.34. The molecule has 1 saturated heterocycles. The van der Waals surface area contributed by atoms with Gasteiger partial charge in [0.1, 0.15) is 5.82 Å². The van der Waals surface area contributed by atoms with Crippen LogP contribution in [0.4, 0.5) is 10.1 Å². The van der Waals surface area contributed by atoms with Crippen LogP contribution in [0.2, 0.25) is 0 Å². The minimum absolute atomic E-state index is 0.0739. The number of nitrogens with zero attached hydrogens (tertiary/aromatic N) is 1. The van der Waals surface area contributed by atoms with Crippen molar-refractivity contribution in [1.82, 2.24) is 4.31 Å². The standard InChI is InChI=1S/C12H17FN2O3S/c1-8(16)9-2-3-15(7-9)19(17,18)12-5-10(13)4-11(14)6-12/h4-6,8-9,16H,2-3,7,14H2,1H3. The Morgan fingerprint density at radius 3 is 2.68 bits per heavy atom. The molecule has 19 heavy (non-hydrogen) atoms. The summed E-state index contributed by atoms with van der Waals surface area (Å²) in [5.74, 6) is -0.759. The van der Waals surface area contributed by atoms with Gasteiger partial charge in [-0.3, -0.25) is 0 Å². The Bertz CT molecular complexity index is 554. The van der Waals surface area contributed by atoms with E-state index < -0.39 is 21.9 Å². The Kier molecular flexibility index (Phi) is 3.80. The monoisotopic (exact) mass is 288 g/mol. The molecular formula is C12H17FN2O3S. The lowest BCUT2D eigenvalue weighted by Crippen LogP contribution is -2.30. The molecule has 1 aromatic rings. The maximum Gasteiger partial charge on any atom is 0.243 e. The Balaban J connectivity index is 2.28. The van der Waals surface area contributed by atoms with Crippen LogP contribution in [0.1, 0.15) is 13.3 Å². The summed E-state index contributed by atoms with van der Waals surface area (Å²) >= 11 is 0. The quantitative estimate of drug-likeness (QED) is 0.806. The van der Waals surface area contributed by atoms with Gasteiger partial charge in [-0.05, 0) is 37.5 Å². The van der Waals surface area contributed by atoms with Gasteiger partial charge in [-0.1, -0.05) is 0 Å². The van der Waals surface area contributed by atoms with Crippen LogP contribution in [0.25, 0.3) is 0 Å². The summed E-state index contributed by atoms with van der Waals surface area (Å²) in [6.07, 6.45) is 0.0413. The number of hydrogen-bond donors (Lipinski definition) is 2. The van der Waals surface area contributed by atoms with Crippen LogP contribution in [0, 0.1) is 11.7 Å². The molecule has 0 aliphatic carbocycles. The van der Waals surface area contributed by atoms with E-state index in [0.29, 0.717) is 13.0 Å². The van der Waals surface area contributed by atoms with Gasteiger partial charge in [0.05, 0.1) is 11.0 Å². The molecule has 5 nitrogen and oxygen atoms in total. The third kappa shape index (κ3) is 2.88. The number of rotatable bonds is 3.